The molecule has 1 aliphatic heterocycles. The first kappa shape index (κ1) is 20.3. The molecule has 7 nitrogen and oxygen atoms in total. The molecule has 4 rings (SSSR count). The number of nitrogens with zero attached hydrogens (tertiary/aromatic N) is 4. The maximum absolute atomic E-state index is 12.2. The SMILES string of the molecule is CN(C)CCCc1cncc(Nc2ncc3c(n2)-c2ccc(Cl)cc2NC(=O)C3)c1. The van der Waals surface area contributed by atoms with Crippen LogP contribution >= 0.6 is 11.6 Å². The second-order valence-electron chi connectivity index (χ2n) is 7.60. The van der Waals surface area contributed by atoms with Crippen LogP contribution in [0.5, 0.6) is 0 Å². The highest BCUT2D eigenvalue weighted by atomic mass is 35.5. The maximum atomic E-state index is 12.2. The Morgan fingerprint density at radius 1 is 1.20 bits per heavy atom. The van der Waals surface area contributed by atoms with Crippen LogP contribution in [0.15, 0.2) is 42.9 Å². The number of anilines is 3. The third-order valence-electron chi connectivity index (χ3n) is 4.85. The first-order chi connectivity index (χ1) is 14.5. The van der Waals surface area contributed by atoms with Crippen molar-refractivity contribution in [3.8, 4) is 11.3 Å². The van der Waals surface area contributed by atoms with Gasteiger partial charge in [-0.05, 0) is 63.3 Å². The van der Waals surface area contributed by atoms with E-state index in [0.717, 1.165) is 41.8 Å². The number of benzene rings is 1. The molecule has 3 heterocycles. The van der Waals surface area contributed by atoms with Gasteiger partial charge < -0.3 is 15.5 Å². The molecule has 0 fully saturated rings. The number of amides is 1. The summed E-state index contributed by atoms with van der Waals surface area (Å²) in [5, 5.41) is 6.69. The summed E-state index contributed by atoms with van der Waals surface area (Å²) in [7, 11) is 4.14. The Morgan fingerprint density at radius 2 is 2.07 bits per heavy atom. The molecule has 154 valence electrons. The third kappa shape index (κ3) is 4.75. The quantitative estimate of drug-likeness (QED) is 0.626. The lowest BCUT2D eigenvalue weighted by Crippen LogP contribution is -2.13. The largest absolute Gasteiger partial charge is 0.325 e. The molecule has 30 heavy (non-hydrogen) atoms. The molecule has 0 unspecified atom stereocenters. The summed E-state index contributed by atoms with van der Waals surface area (Å²) in [5.41, 5.74) is 4.95. The van der Waals surface area contributed by atoms with Gasteiger partial charge >= 0.3 is 0 Å². The van der Waals surface area contributed by atoms with E-state index >= 15 is 0 Å². The van der Waals surface area contributed by atoms with Gasteiger partial charge in [0.25, 0.3) is 0 Å². The van der Waals surface area contributed by atoms with E-state index in [1.807, 2.05) is 12.3 Å². The number of hydrogen-bond acceptors (Lipinski definition) is 6. The van der Waals surface area contributed by atoms with E-state index in [1.165, 1.54) is 0 Å². The second-order valence-corrected chi connectivity index (χ2v) is 8.03. The lowest BCUT2D eigenvalue weighted by atomic mass is 10.1. The molecule has 2 aromatic heterocycles. The van der Waals surface area contributed by atoms with Crippen molar-refractivity contribution < 1.29 is 4.79 Å². The van der Waals surface area contributed by atoms with E-state index in [1.54, 1.807) is 24.5 Å². The number of aromatic nitrogens is 3. The molecular formula is C22H23ClN6O. The van der Waals surface area contributed by atoms with Crippen molar-refractivity contribution in [3.63, 3.8) is 0 Å². The van der Waals surface area contributed by atoms with Gasteiger partial charge in [0.15, 0.2) is 0 Å². The van der Waals surface area contributed by atoms with Crippen LogP contribution in [-0.2, 0) is 17.6 Å². The zero-order valence-electron chi connectivity index (χ0n) is 16.9. The van der Waals surface area contributed by atoms with Crippen LogP contribution in [0.4, 0.5) is 17.3 Å². The molecule has 0 bridgehead atoms. The summed E-state index contributed by atoms with van der Waals surface area (Å²) in [4.78, 5) is 27.8. The van der Waals surface area contributed by atoms with E-state index in [9.17, 15) is 4.79 Å². The molecule has 8 heteroatoms. The summed E-state index contributed by atoms with van der Waals surface area (Å²) in [5.74, 6) is 0.340. The molecule has 0 spiro atoms. The minimum atomic E-state index is -0.115. The van der Waals surface area contributed by atoms with Crippen LogP contribution in [0.3, 0.4) is 0 Å². The van der Waals surface area contributed by atoms with Crippen LogP contribution < -0.4 is 10.6 Å². The molecule has 0 radical (unpaired) electrons. The Hall–Kier alpha value is -3.03. The van der Waals surface area contributed by atoms with Gasteiger partial charge in [-0.2, -0.15) is 0 Å². The highest BCUT2D eigenvalue weighted by Gasteiger charge is 2.21. The van der Waals surface area contributed by atoms with Gasteiger partial charge in [-0.25, -0.2) is 9.97 Å². The molecule has 0 saturated heterocycles. The highest BCUT2D eigenvalue weighted by Crippen LogP contribution is 2.34. The van der Waals surface area contributed by atoms with Crippen molar-refractivity contribution in [3.05, 3.63) is 59.0 Å². The standard InChI is InChI=1S/C22H23ClN6O/c1-29(2)7-3-4-14-8-17(13-24-11-14)26-22-25-12-15-9-20(30)27-19-10-16(23)5-6-18(19)21(15)28-22/h5-6,8,10-13H,3-4,7,9H2,1-2H3,(H,27,30)(H,25,26,28). The van der Waals surface area contributed by atoms with Crippen LogP contribution in [0.2, 0.25) is 5.02 Å². The minimum Gasteiger partial charge on any atom is -0.325 e. The van der Waals surface area contributed by atoms with E-state index in [0.29, 0.717) is 22.4 Å². The van der Waals surface area contributed by atoms with Gasteiger partial charge in [0.1, 0.15) is 0 Å². The Labute approximate surface area is 180 Å². The maximum Gasteiger partial charge on any atom is 0.228 e. The van der Waals surface area contributed by atoms with Gasteiger partial charge in [-0.15, -0.1) is 0 Å². The Kier molecular flexibility index (Phi) is 5.92. The molecule has 3 aromatic rings. The molecule has 1 aliphatic rings. The molecule has 0 saturated carbocycles. The van der Waals surface area contributed by atoms with Crippen LogP contribution in [-0.4, -0.2) is 46.4 Å². The van der Waals surface area contributed by atoms with Gasteiger partial charge in [0.2, 0.25) is 11.9 Å². The normalized spacial score (nSPS) is 12.7. The summed E-state index contributed by atoms with van der Waals surface area (Å²) >= 11 is 6.11. The fourth-order valence-corrected chi connectivity index (χ4v) is 3.62. The summed E-state index contributed by atoms with van der Waals surface area (Å²) in [6, 6.07) is 7.46. The highest BCUT2D eigenvalue weighted by molar-refractivity contribution is 6.31. The number of carbonyl (C=O) groups is 1. The molecule has 1 amide bonds. The third-order valence-corrected chi connectivity index (χ3v) is 5.08. The summed E-state index contributed by atoms with van der Waals surface area (Å²) < 4.78 is 0. The number of nitrogens with one attached hydrogen (secondary N) is 2. The van der Waals surface area contributed by atoms with E-state index in [4.69, 9.17) is 16.6 Å². The smallest absolute Gasteiger partial charge is 0.228 e. The molecule has 0 aliphatic carbocycles. The fraction of sp³-hybridized carbons (Fsp3) is 0.273. The predicted molar refractivity (Wildman–Crippen MR) is 119 cm³/mol. The first-order valence-electron chi connectivity index (χ1n) is 9.79. The molecule has 2 N–H and O–H groups in total. The van der Waals surface area contributed by atoms with Crippen molar-refractivity contribution in [2.75, 3.05) is 31.3 Å². The number of rotatable bonds is 6. The van der Waals surface area contributed by atoms with Crippen molar-refractivity contribution in [2.45, 2.75) is 19.3 Å². The fourth-order valence-electron chi connectivity index (χ4n) is 3.44. The summed E-state index contributed by atoms with van der Waals surface area (Å²) in [6.07, 6.45) is 7.56. The average Bonchev–Trinajstić information content (AvgIpc) is 2.82. The second kappa shape index (κ2) is 8.77. The minimum absolute atomic E-state index is 0.115. The van der Waals surface area contributed by atoms with Gasteiger partial charge in [0.05, 0.1) is 29.7 Å². The number of aryl methyl sites for hydroxylation is 1. The van der Waals surface area contributed by atoms with Crippen LogP contribution in [0.1, 0.15) is 17.5 Å². The lowest BCUT2D eigenvalue weighted by molar-refractivity contribution is -0.115. The summed E-state index contributed by atoms with van der Waals surface area (Å²) in [6.45, 7) is 1.03. The Morgan fingerprint density at radius 3 is 2.90 bits per heavy atom. The molecule has 0 atom stereocenters. The lowest BCUT2D eigenvalue weighted by Gasteiger charge is -2.12. The van der Waals surface area contributed by atoms with Crippen molar-refractivity contribution >= 4 is 34.8 Å². The van der Waals surface area contributed by atoms with Gasteiger partial charge in [0, 0.05) is 28.5 Å². The zero-order chi connectivity index (χ0) is 21.1. The Balaban J connectivity index is 1.59. The number of carbonyl (C=O) groups excluding carboxylic acids is 1. The van der Waals surface area contributed by atoms with E-state index in [2.05, 4.69) is 45.7 Å². The number of pyridine rings is 1. The van der Waals surface area contributed by atoms with E-state index < -0.39 is 0 Å². The Bertz CT molecular complexity index is 1080. The predicted octanol–water partition coefficient (Wildman–Crippen LogP) is 3.92. The zero-order valence-corrected chi connectivity index (χ0v) is 17.7. The number of hydrogen-bond donors (Lipinski definition) is 2. The van der Waals surface area contributed by atoms with Gasteiger partial charge in [-0.3, -0.25) is 9.78 Å². The topological polar surface area (TPSA) is 83.0 Å². The van der Waals surface area contributed by atoms with Gasteiger partial charge in [-0.1, -0.05) is 11.6 Å². The van der Waals surface area contributed by atoms with E-state index in [-0.39, 0.29) is 12.3 Å². The monoisotopic (exact) mass is 422 g/mol. The molecule has 1 aromatic carbocycles. The molecular weight excluding hydrogens is 400 g/mol. The van der Waals surface area contributed by atoms with Crippen molar-refractivity contribution in [2.24, 2.45) is 0 Å². The van der Waals surface area contributed by atoms with Crippen LogP contribution in [0.25, 0.3) is 11.3 Å². The first-order valence-corrected chi connectivity index (χ1v) is 10.2. The average molecular weight is 423 g/mol. The number of halogens is 1. The van der Waals surface area contributed by atoms with Crippen molar-refractivity contribution in [1.29, 1.82) is 0 Å². The number of fused-ring (bicyclic) bond motifs is 3. The van der Waals surface area contributed by atoms with Crippen molar-refractivity contribution in [1.82, 2.24) is 19.9 Å². The van der Waals surface area contributed by atoms with Crippen LogP contribution in [0, 0.1) is 0 Å².